The predicted octanol–water partition coefficient (Wildman–Crippen LogP) is 8.66. The Morgan fingerprint density at radius 2 is 1.13 bits per heavy atom. The van der Waals surface area contributed by atoms with Gasteiger partial charge in [-0.05, 0) is 87.4 Å². The summed E-state index contributed by atoms with van der Waals surface area (Å²) in [4.78, 5) is 14.2. The fourth-order valence-electron chi connectivity index (χ4n) is 2.80. The van der Waals surface area contributed by atoms with Crippen LogP contribution >= 0.6 is 43.4 Å². The molecule has 1 aromatic heterocycles. The second-order valence-electron chi connectivity index (χ2n) is 6.71. The Bertz CT molecular complexity index is 1030. The number of hydrogen-bond donors (Lipinski definition) is 0. The third kappa shape index (κ3) is 7.91. The fourth-order valence-corrected chi connectivity index (χ4v) is 3.26. The first-order chi connectivity index (χ1) is 14.7. The summed E-state index contributed by atoms with van der Waals surface area (Å²) in [6, 6.07) is 17.2. The molecule has 0 aliphatic rings. The summed E-state index contributed by atoms with van der Waals surface area (Å²) in [5.41, 5.74) is 7.12. The molecule has 0 amide bonds. The Balaban J connectivity index is 0.00000107. The Morgan fingerprint density at radius 3 is 1.48 bits per heavy atom. The summed E-state index contributed by atoms with van der Waals surface area (Å²) in [5.74, 6) is 0. The van der Waals surface area contributed by atoms with Crippen molar-refractivity contribution in [1.29, 1.82) is 0 Å². The molecule has 0 atom stereocenters. The van der Waals surface area contributed by atoms with Crippen LogP contribution in [0.25, 0.3) is 0 Å². The first-order valence-corrected chi connectivity index (χ1v) is 13.0. The van der Waals surface area contributed by atoms with E-state index in [1.807, 2.05) is 82.3 Å². The van der Waals surface area contributed by atoms with Gasteiger partial charge in [-0.2, -0.15) is 0 Å². The topological polar surface area (TPSA) is 37.6 Å². The van der Waals surface area contributed by atoms with Gasteiger partial charge >= 0.3 is 33.3 Å². The summed E-state index contributed by atoms with van der Waals surface area (Å²) in [7, 11) is 9.53. The molecule has 0 saturated heterocycles. The van der Waals surface area contributed by atoms with Gasteiger partial charge in [-0.3, -0.25) is 9.98 Å². The zero-order chi connectivity index (χ0) is 23.0. The quantitative estimate of drug-likeness (QED) is 0.243. The maximum absolute atomic E-state index is 6.03. The number of benzene rings is 2. The summed E-state index contributed by atoms with van der Waals surface area (Å²) in [6.07, 6.45) is 0. The normalized spacial score (nSPS) is 11.9. The van der Waals surface area contributed by atoms with E-state index in [9.17, 15) is 0 Å². The molecule has 164 valence electrons. The van der Waals surface area contributed by atoms with Gasteiger partial charge in [0.15, 0.2) is 0 Å². The second-order valence-corrected chi connectivity index (χ2v) is 9.41. The van der Waals surface area contributed by atoms with Gasteiger partial charge in [-0.15, -0.1) is 0 Å². The first kappa shape index (κ1) is 25.9. The van der Waals surface area contributed by atoms with Crippen molar-refractivity contribution in [1.82, 2.24) is 4.98 Å². The second kappa shape index (κ2) is 12.6. The summed E-state index contributed by atoms with van der Waals surface area (Å²) in [6.45, 7) is 7.89. The van der Waals surface area contributed by atoms with E-state index in [4.69, 9.17) is 58.4 Å². The van der Waals surface area contributed by atoms with Gasteiger partial charge in [0.25, 0.3) is 0 Å². The molecular weight excluding hydrogens is 516 g/mol. The number of aryl methyl sites for hydroxylation is 2. The van der Waals surface area contributed by atoms with E-state index in [2.05, 4.69) is 0 Å². The molecule has 0 saturated carbocycles. The van der Waals surface area contributed by atoms with Gasteiger partial charge in [0, 0.05) is 10.0 Å². The van der Waals surface area contributed by atoms with E-state index in [0.717, 1.165) is 45.3 Å². The van der Waals surface area contributed by atoms with Crippen molar-refractivity contribution >= 4 is 66.2 Å². The average molecular weight is 537 g/mol. The van der Waals surface area contributed by atoms with E-state index < -0.39 is 0 Å². The molecule has 0 N–H and O–H groups in total. The molecule has 0 bridgehead atoms. The molecule has 3 rings (SSSR count). The number of nitrogens with zero attached hydrogens (tertiary/aromatic N) is 3. The Hall–Kier alpha value is -1.39. The van der Waals surface area contributed by atoms with Crippen molar-refractivity contribution < 1.29 is 13.1 Å². The summed E-state index contributed by atoms with van der Waals surface area (Å²) in [5, 5.41) is 1.41. The molecule has 8 heteroatoms. The minimum absolute atomic E-state index is 0.194. The molecule has 3 aromatic rings. The van der Waals surface area contributed by atoms with Crippen LogP contribution in [0.1, 0.15) is 36.4 Å². The number of rotatable bonds is 4. The molecule has 2 aromatic carbocycles. The third-order valence-corrected chi connectivity index (χ3v) is 4.85. The van der Waals surface area contributed by atoms with Crippen LogP contribution in [0.15, 0.2) is 64.6 Å². The molecule has 3 nitrogen and oxygen atoms in total. The standard InChI is InChI=1S/C23H21Cl2N3.2ClH.Fe/c1-14-12-18(24)8-10-20(14)26-16(3)22-6-5-7-23(28-22)17(4)27-21-11-9-19(25)13-15(21)2;;;/h5-13H,1-4H3;2*1H;/q;;;+2/p-2. The van der Waals surface area contributed by atoms with Gasteiger partial charge in [-0.1, -0.05) is 29.3 Å². The van der Waals surface area contributed by atoms with Crippen LogP contribution in [-0.2, 0) is 13.1 Å². The van der Waals surface area contributed by atoms with E-state index in [1.165, 1.54) is 0 Å². The van der Waals surface area contributed by atoms with Crippen molar-refractivity contribution in [3.8, 4) is 0 Å². The third-order valence-electron chi connectivity index (χ3n) is 4.38. The zero-order valence-corrected chi connectivity index (χ0v) is 21.5. The van der Waals surface area contributed by atoms with E-state index >= 15 is 0 Å². The van der Waals surface area contributed by atoms with E-state index in [0.29, 0.717) is 10.0 Å². The molecule has 0 aliphatic carbocycles. The zero-order valence-electron chi connectivity index (χ0n) is 17.4. The molecule has 31 heavy (non-hydrogen) atoms. The first-order valence-electron chi connectivity index (χ1n) is 9.21. The summed E-state index contributed by atoms with van der Waals surface area (Å²) >= 11 is 12.3. The van der Waals surface area contributed by atoms with Crippen LogP contribution in [0.2, 0.25) is 10.0 Å². The van der Waals surface area contributed by atoms with Crippen LogP contribution in [0.5, 0.6) is 0 Å². The molecule has 0 spiro atoms. The van der Waals surface area contributed by atoms with Crippen LogP contribution in [-0.4, -0.2) is 16.4 Å². The number of halogens is 4. The molecule has 0 unspecified atom stereocenters. The van der Waals surface area contributed by atoms with Gasteiger partial charge in [0.2, 0.25) is 0 Å². The maximum atomic E-state index is 6.03. The molecule has 0 aliphatic heterocycles. The SMILES string of the molecule is CC(=Nc1ccc(Cl)cc1C)c1cccc(C(C)=Nc2ccc(Cl)cc2C)n1.[Cl][Fe][Cl]. The minimum atomic E-state index is 0.194. The molecule has 0 radical (unpaired) electrons. The van der Waals surface area contributed by atoms with Gasteiger partial charge in [0.05, 0.1) is 34.2 Å². The van der Waals surface area contributed by atoms with Crippen molar-refractivity contribution in [3.05, 3.63) is 87.2 Å². The molecular formula is C23H21Cl4FeN3. The van der Waals surface area contributed by atoms with E-state index in [-0.39, 0.29) is 13.1 Å². The van der Waals surface area contributed by atoms with Crippen LogP contribution in [0.4, 0.5) is 11.4 Å². The predicted molar refractivity (Wildman–Crippen MR) is 132 cm³/mol. The van der Waals surface area contributed by atoms with Crippen LogP contribution in [0.3, 0.4) is 0 Å². The van der Waals surface area contributed by atoms with Crippen molar-refractivity contribution in [2.45, 2.75) is 27.7 Å². The van der Waals surface area contributed by atoms with Crippen molar-refractivity contribution in [2.75, 3.05) is 0 Å². The van der Waals surface area contributed by atoms with Crippen LogP contribution < -0.4 is 0 Å². The Labute approximate surface area is 208 Å². The van der Waals surface area contributed by atoms with Crippen molar-refractivity contribution in [2.24, 2.45) is 9.98 Å². The fraction of sp³-hybridized carbons (Fsp3) is 0.174. The monoisotopic (exact) mass is 535 g/mol. The molecule has 0 fully saturated rings. The molecule has 1 heterocycles. The van der Waals surface area contributed by atoms with Gasteiger partial charge < -0.3 is 0 Å². The summed E-state index contributed by atoms with van der Waals surface area (Å²) < 4.78 is 0. The van der Waals surface area contributed by atoms with Gasteiger partial charge in [0.1, 0.15) is 0 Å². The van der Waals surface area contributed by atoms with Crippen LogP contribution in [0, 0.1) is 13.8 Å². The Morgan fingerprint density at radius 1 is 0.742 bits per heavy atom. The van der Waals surface area contributed by atoms with E-state index in [1.54, 1.807) is 0 Å². The average Bonchev–Trinajstić information content (AvgIpc) is 2.72. The number of aliphatic imine (C=N–C) groups is 2. The number of aromatic nitrogens is 1. The number of hydrogen-bond acceptors (Lipinski definition) is 3. The Kier molecular flexibility index (Phi) is 10.5. The number of pyridine rings is 1. The van der Waals surface area contributed by atoms with Crippen molar-refractivity contribution in [3.63, 3.8) is 0 Å². The van der Waals surface area contributed by atoms with Gasteiger partial charge in [-0.25, -0.2) is 4.98 Å².